The number of benzene rings is 1. The molecule has 1 atom stereocenters. The van der Waals surface area contributed by atoms with Crippen LogP contribution in [-0.2, 0) is 16.1 Å². The molecule has 17 heavy (non-hydrogen) atoms. The third kappa shape index (κ3) is 2.79. The van der Waals surface area contributed by atoms with E-state index in [0.717, 1.165) is 5.56 Å². The molecule has 1 fully saturated rings. The number of rotatable bonds is 4. The molecular weight excluding hydrogens is 224 g/mol. The zero-order chi connectivity index (χ0) is 12.3. The molecule has 0 aromatic heterocycles. The molecule has 6 heteroatoms. The van der Waals surface area contributed by atoms with Crippen molar-refractivity contribution < 1.29 is 14.5 Å². The second-order valence-corrected chi connectivity index (χ2v) is 3.81. The normalized spacial score (nSPS) is 19.1. The van der Waals surface area contributed by atoms with Gasteiger partial charge in [-0.3, -0.25) is 14.9 Å². The van der Waals surface area contributed by atoms with Crippen molar-refractivity contribution in [3.8, 4) is 0 Å². The summed E-state index contributed by atoms with van der Waals surface area (Å²) in [5.41, 5.74) is 0.962. The summed E-state index contributed by atoms with van der Waals surface area (Å²) in [4.78, 5) is 21.2. The molecule has 0 radical (unpaired) electrons. The number of nitro benzene ring substituents is 1. The van der Waals surface area contributed by atoms with Gasteiger partial charge in [-0.15, -0.1) is 0 Å². The fraction of sp³-hybridized carbons (Fsp3) is 0.364. The van der Waals surface area contributed by atoms with Gasteiger partial charge in [-0.05, 0) is 5.56 Å². The predicted molar refractivity (Wildman–Crippen MR) is 59.3 cm³/mol. The molecule has 1 aliphatic heterocycles. The van der Waals surface area contributed by atoms with E-state index in [2.05, 4.69) is 5.32 Å². The number of hydrogen-bond donors (Lipinski definition) is 1. The standard InChI is InChI=1S/C11H12N2O4/c14-11-10(5-6-17-11)12-7-8-1-3-9(4-2-8)13(15)16/h1-4,10,12H,5-7H2. The second kappa shape index (κ2) is 4.92. The third-order valence-electron chi connectivity index (χ3n) is 2.64. The van der Waals surface area contributed by atoms with E-state index in [1.807, 2.05) is 0 Å². The number of ether oxygens (including phenoxy) is 1. The molecule has 90 valence electrons. The Morgan fingerprint density at radius 1 is 1.41 bits per heavy atom. The highest BCUT2D eigenvalue weighted by Gasteiger charge is 2.25. The summed E-state index contributed by atoms with van der Waals surface area (Å²) in [5, 5.41) is 13.5. The van der Waals surface area contributed by atoms with Crippen molar-refractivity contribution >= 4 is 11.7 Å². The molecule has 1 N–H and O–H groups in total. The van der Waals surface area contributed by atoms with Crippen LogP contribution in [0.25, 0.3) is 0 Å². The van der Waals surface area contributed by atoms with Gasteiger partial charge in [-0.2, -0.15) is 0 Å². The summed E-state index contributed by atoms with van der Waals surface area (Å²) >= 11 is 0. The van der Waals surface area contributed by atoms with Crippen LogP contribution in [0.15, 0.2) is 24.3 Å². The average Bonchev–Trinajstić information content (AvgIpc) is 2.73. The molecule has 0 spiro atoms. The Balaban J connectivity index is 1.91. The van der Waals surface area contributed by atoms with Crippen LogP contribution in [0.5, 0.6) is 0 Å². The molecule has 0 amide bonds. The van der Waals surface area contributed by atoms with Crippen LogP contribution >= 0.6 is 0 Å². The third-order valence-corrected chi connectivity index (χ3v) is 2.64. The van der Waals surface area contributed by atoms with Crippen LogP contribution in [0.2, 0.25) is 0 Å². The number of cyclic esters (lactones) is 1. The molecule has 1 aliphatic rings. The lowest BCUT2D eigenvalue weighted by molar-refractivity contribution is -0.384. The summed E-state index contributed by atoms with van der Waals surface area (Å²) < 4.78 is 4.81. The first-order valence-electron chi connectivity index (χ1n) is 5.30. The Kier molecular flexibility index (Phi) is 3.34. The Hall–Kier alpha value is -1.95. The maximum absolute atomic E-state index is 11.2. The molecule has 0 saturated carbocycles. The minimum atomic E-state index is -0.439. The summed E-state index contributed by atoms with van der Waals surface area (Å²) in [5.74, 6) is -0.230. The van der Waals surface area contributed by atoms with Gasteiger partial charge in [0, 0.05) is 25.1 Å². The number of nitro groups is 1. The fourth-order valence-corrected chi connectivity index (χ4v) is 1.66. The van der Waals surface area contributed by atoms with Crippen LogP contribution in [-0.4, -0.2) is 23.5 Å². The zero-order valence-corrected chi connectivity index (χ0v) is 9.09. The van der Waals surface area contributed by atoms with Crippen molar-refractivity contribution in [1.82, 2.24) is 5.32 Å². The highest BCUT2D eigenvalue weighted by Crippen LogP contribution is 2.12. The van der Waals surface area contributed by atoms with Gasteiger partial charge in [0.2, 0.25) is 0 Å². The van der Waals surface area contributed by atoms with Crippen LogP contribution in [0.4, 0.5) is 5.69 Å². The van der Waals surface area contributed by atoms with Crippen LogP contribution in [0.3, 0.4) is 0 Å². The minimum absolute atomic E-state index is 0.0639. The van der Waals surface area contributed by atoms with Crippen molar-refractivity contribution in [2.24, 2.45) is 0 Å². The highest BCUT2D eigenvalue weighted by atomic mass is 16.6. The SMILES string of the molecule is O=C1OCCC1NCc1ccc([N+](=O)[O-])cc1. The average molecular weight is 236 g/mol. The Labute approximate surface area is 97.7 Å². The first-order chi connectivity index (χ1) is 8.16. The van der Waals surface area contributed by atoms with E-state index < -0.39 is 4.92 Å². The van der Waals surface area contributed by atoms with Crippen molar-refractivity contribution in [2.45, 2.75) is 19.0 Å². The number of esters is 1. The molecule has 6 nitrogen and oxygen atoms in total. The summed E-state index contributed by atoms with van der Waals surface area (Å²) in [7, 11) is 0. The predicted octanol–water partition coefficient (Wildman–Crippen LogP) is 1.000. The van der Waals surface area contributed by atoms with Gasteiger partial charge >= 0.3 is 5.97 Å². The van der Waals surface area contributed by atoms with Gasteiger partial charge in [0.15, 0.2) is 0 Å². The molecule has 2 rings (SSSR count). The second-order valence-electron chi connectivity index (χ2n) is 3.81. The van der Waals surface area contributed by atoms with Gasteiger partial charge < -0.3 is 10.1 Å². The maximum Gasteiger partial charge on any atom is 0.323 e. The van der Waals surface area contributed by atoms with E-state index >= 15 is 0 Å². The van der Waals surface area contributed by atoms with Gasteiger partial charge in [-0.1, -0.05) is 12.1 Å². The van der Waals surface area contributed by atoms with Gasteiger partial charge in [0.1, 0.15) is 6.04 Å². The molecule has 1 saturated heterocycles. The highest BCUT2D eigenvalue weighted by molar-refractivity contribution is 5.77. The number of nitrogens with one attached hydrogen (secondary N) is 1. The van der Waals surface area contributed by atoms with Crippen molar-refractivity contribution in [3.05, 3.63) is 39.9 Å². The number of hydrogen-bond acceptors (Lipinski definition) is 5. The number of nitrogens with zero attached hydrogens (tertiary/aromatic N) is 1. The molecular formula is C11H12N2O4. The summed E-state index contributed by atoms with van der Waals surface area (Å²) in [6.07, 6.45) is 0.672. The van der Waals surface area contributed by atoms with E-state index in [0.29, 0.717) is 19.6 Å². The lowest BCUT2D eigenvalue weighted by Gasteiger charge is -2.08. The van der Waals surface area contributed by atoms with Crippen LogP contribution < -0.4 is 5.32 Å². The summed E-state index contributed by atoms with van der Waals surface area (Å²) in [6.45, 7) is 0.953. The molecule has 0 aliphatic carbocycles. The molecule has 1 heterocycles. The lowest BCUT2D eigenvalue weighted by atomic mass is 10.2. The van der Waals surface area contributed by atoms with E-state index in [1.54, 1.807) is 12.1 Å². The maximum atomic E-state index is 11.2. The number of carbonyl (C=O) groups excluding carboxylic acids is 1. The smallest absolute Gasteiger partial charge is 0.323 e. The fourth-order valence-electron chi connectivity index (χ4n) is 1.66. The van der Waals surface area contributed by atoms with E-state index in [4.69, 9.17) is 4.74 Å². The number of non-ortho nitro benzene ring substituents is 1. The zero-order valence-electron chi connectivity index (χ0n) is 9.09. The van der Waals surface area contributed by atoms with Crippen molar-refractivity contribution in [3.63, 3.8) is 0 Å². The van der Waals surface area contributed by atoms with Crippen LogP contribution in [0.1, 0.15) is 12.0 Å². The monoisotopic (exact) mass is 236 g/mol. The molecule has 0 bridgehead atoms. The quantitative estimate of drug-likeness (QED) is 0.479. The topological polar surface area (TPSA) is 81.5 Å². The first-order valence-corrected chi connectivity index (χ1v) is 5.30. The Morgan fingerprint density at radius 3 is 2.65 bits per heavy atom. The molecule has 1 aromatic carbocycles. The van der Waals surface area contributed by atoms with E-state index in [1.165, 1.54) is 12.1 Å². The van der Waals surface area contributed by atoms with Crippen LogP contribution in [0, 0.1) is 10.1 Å². The molecule has 1 unspecified atom stereocenters. The minimum Gasteiger partial charge on any atom is -0.464 e. The Bertz CT molecular complexity index is 430. The number of carbonyl (C=O) groups is 1. The van der Waals surface area contributed by atoms with E-state index in [-0.39, 0.29) is 17.7 Å². The lowest BCUT2D eigenvalue weighted by Crippen LogP contribution is -2.32. The Morgan fingerprint density at radius 2 is 2.12 bits per heavy atom. The van der Waals surface area contributed by atoms with Gasteiger partial charge in [0.25, 0.3) is 5.69 Å². The summed E-state index contributed by atoms with van der Waals surface area (Å²) in [6, 6.07) is 5.98. The van der Waals surface area contributed by atoms with Gasteiger partial charge in [0.05, 0.1) is 11.5 Å². The van der Waals surface area contributed by atoms with E-state index in [9.17, 15) is 14.9 Å². The first kappa shape index (κ1) is 11.5. The van der Waals surface area contributed by atoms with Crippen molar-refractivity contribution in [2.75, 3.05) is 6.61 Å². The van der Waals surface area contributed by atoms with Gasteiger partial charge in [-0.25, -0.2) is 0 Å². The van der Waals surface area contributed by atoms with Crippen molar-refractivity contribution in [1.29, 1.82) is 0 Å². The largest absolute Gasteiger partial charge is 0.464 e. The molecule has 1 aromatic rings.